The summed E-state index contributed by atoms with van der Waals surface area (Å²) >= 11 is 6.91. The van der Waals surface area contributed by atoms with Crippen molar-refractivity contribution in [1.82, 2.24) is 9.97 Å². The second-order valence-electron chi connectivity index (χ2n) is 6.36. The fourth-order valence-corrected chi connectivity index (χ4v) is 5.22. The summed E-state index contributed by atoms with van der Waals surface area (Å²) in [5.74, 6) is 0. The van der Waals surface area contributed by atoms with E-state index in [2.05, 4.69) is 49.6 Å². The molecular weight excluding hydrogens is 469 g/mol. The number of rotatable bonds is 0. The highest BCUT2D eigenvalue weighted by Crippen LogP contribution is 2.28. The Balaban J connectivity index is 0.000000125. The zero-order valence-corrected chi connectivity index (χ0v) is 19.9. The molecular formula is C18H20B3BrN2O3S2. The Kier molecular flexibility index (Phi) is 8.29. The van der Waals surface area contributed by atoms with Crippen molar-refractivity contribution in [3.8, 4) is 0 Å². The molecule has 0 atom stereocenters. The number of aryl methyl sites for hydroxylation is 1. The Labute approximate surface area is 188 Å². The van der Waals surface area contributed by atoms with Crippen LogP contribution in [0.25, 0.3) is 20.2 Å². The smallest absolute Gasteiger partial charge is 0.426 e. The van der Waals surface area contributed by atoms with Gasteiger partial charge in [-0.3, -0.25) is 9.97 Å². The minimum atomic E-state index is -0.135. The lowest BCUT2D eigenvalue weighted by Crippen LogP contribution is -2.44. The lowest BCUT2D eigenvalue weighted by molar-refractivity contribution is 0.294. The van der Waals surface area contributed by atoms with Gasteiger partial charge >= 0.3 is 21.4 Å². The average Bonchev–Trinajstić information content (AvgIpc) is 3.26. The Morgan fingerprint density at radius 1 is 0.793 bits per heavy atom. The van der Waals surface area contributed by atoms with Crippen LogP contribution in [-0.4, -0.2) is 31.3 Å². The largest absolute Gasteiger partial charge is 0.453 e. The monoisotopic (exact) mass is 488 g/mol. The Morgan fingerprint density at radius 3 is 1.79 bits per heavy atom. The summed E-state index contributed by atoms with van der Waals surface area (Å²) in [6.45, 7) is 7.69. The van der Waals surface area contributed by atoms with E-state index >= 15 is 0 Å². The van der Waals surface area contributed by atoms with Crippen LogP contribution < -0.4 is 0 Å². The van der Waals surface area contributed by atoms with Gasteiger partial charge in [-0.2, -0.15) is 0 Å². The number of aromatic nitrogens is 2. The van der Waals surface area contributed by atoms with E-state index in [0.29, 0.717) is 0 Å². The average molecular weight is 489 g/mol. The van der Waals surface area contributed by atoms with Gasteiger partial charge in [0.05, 0.1) is 9.40 Å². The summed E-state index contributed by atoms with van der Waals surface area (Å²) in [5.41, 5.74) is 1.35. The van der Waals surface area contributed by atoms with Crippen LogP contribution in [0.5, 0.6) is 0 Å². The predicted molar refractivity (Wildman–Crippen MR) is 130 cm³/mol. The number of fused-ring (bicyclic) bond motifs is 2. The number of halogens is 1. The van der Waals surface area contributed by atoms with Crippen LogP contribution in [0, 0.1) is 6.92 Å². The molecule has 0 aromatic carbocycles. The van der Waals surface area contributed by atoms with Crippen molar-refractivity contribution in [3.63, 3.8) is 0 Å². The molecule has 0 unspecified atom stereocenters. The lowest BCUT2D eigenvalue weighted by atomic mass is 9.74. The Morgan fingerprint density at radius 2 is 1.28 bits per heavy atom. The van der Waals surface area contributed by atoms with Crippen LogP contribution >= 0.6 is 38.6 Å². The molecule has 1 aliphatic heterocycles. The van der Waals surface area contributed by atoms with E-state index in [1.807, 2.05) is 45.1 Å². The van der Waals surface area contributed by atoms with E-state index in [-0.39, 0.29) is 21.4 Å². The molecule has 4 aromatic rings. The SMILES string of the molecule is Brc1csc2cnccc12.CB1OB(C)OB(C)O1.Cc1csc2cnccc12. The van der Waals surface area contributed by atoms with Gasteiger partial charge in [-0.25, -0.2) is 0 Å². The fourth-order valence-electron chi connectivity index (χ4n) is 2.77. The maximum atomic E-state index is 5.11. The molecule has 4 aromatic heterocycles. The van der Waals surface area contributed by atoms with E-state index < -0.39 is 0 Å². The zero-order chi connectivity index (χ0) is 20.8. The molecule has 0 amide bonds. The molecule has 5 rings (SSSR count). The lowest BCUT2D eigenvalue weighted by Gasteiger charge is -2.25. The highest BCUT2D eigenvalue weighted by molar-refractivity contribution is 9.10. The van der Waals surface area contributed by atoms with Crippen molar-refractivity contribution in [2.24, 2.45) is 0 Å². The second kappa shape index (κ2) is 10.7. The fraction of sp³-hybridized carbons (Fsp3) is 0.222. The first-order valence-corrected chi connectivity index (χ1v) is 11.7. The topological polar surface area (TPSA) is 53.5 Å². The highest BCUT2D eigenvalue weighted by atomic mass is 79.9. The third-order valence-corrected chi connectivity index (χ3v) is 7.00. The van der Waals surface area contributed by atoms with Gasteiger partial charge in [-0.1, -0.05) is 0 Å². The molecule has 29 heavy (non-hydrogen) atoms. The highest BCUT2D eigenvalue weighted by Gasteiger charge is 2.31. The summed E-state index contributed by atoms with van der Waals surface area (Å²) in [7, 11) is -0.406. The number of pyridine rings is 2. The van der Waals surface area contributed by atoms with Gasteiger partial charge < -0.3 is 13.7 Å². The van der Waals surface area contributed by atoms with Crippen molar-refractivity contribution in [1.29, 1.82) is 0 Å². The molecule has 0 radical (unpaired) electrons. The summed E-state index contributed by atoms with van der Waals surface area (Å²) in [6, 6.07) is 4.07. The van der Waals surface area contributed by atoms with Crippen LogP contribution in [0.2, 0.25) is 20.5 Å². The molecule has 1 saturated heterocycles. The first-order valence-electron chi connectivity index (χ1n) is 9.15. The van der Waals surface area contributed by atoms with E-state index in [9.17, 15) is 0 Å². The normalized spacial score (nSPS) is 13.8. The molecule has 5 heterocycles. The molecule has 11 heteroatoms. The molecule has 1 fully saturated rings. The third kappa shape index (κ3) is 6.37. The van der Waals surface area contributed by atoms with Crippen LogP contribution in [0.3, 0.4) is 0 Å². The second-order valence-corrected chi connectivity index (χ2v) is 9.03. The van der Waals surface area contributed by atoms with E-state index in [0.717, 1.165) is 4.47 Å². The van der Waals surface area contributed by atoms with Gasteiger partial charge in [0.2, 0.25) is 0 Å². The summed E-state index contributed by atoms with van der Waals surface area (Å²) < 4.78 is 19.0. The summed E-state index contributed by atoms with van der Waals surface area (Å²) in [4.78, 5) is 8.05. The van der Waals surface area contributed by atoms with Crippen LogP contribution in [0.1, 0.15) is 5.56 Å². The Hall–Kier alpha value is -1.23. The molecule has 5 nitrogen and oxygen atoms in total. The van der Waals surface area contributed by atoms with Gasteiger partial charge in [0.1, 0.15) is 0 Å². The molecule has 1 aliphatic rings. The maximum Gasteiger partial charge on any atom is 0.426 e. The zero-order valence-electron chi connectivity index (χ0n) is 16.7. The van der Waals surface area contributed by atoms with Gasteiger partial charge in [0.25, 0.3) is 0 Å². The quantitative estimate of drug-likeness (QED) is 0.281. The minimum absolute atomic E-state index is 0.135. The predicted octanol–water partition coefficient (Wildman–Crippen LogP) is 6.07. The first-order chi connectivity index (χ1) is 13.9. The van der Waals surface area contributed by atoms with Crippen molar-refractivity contribution in [2.45, 2.75) is 27.4 Å². The molecule has 0 aliphatic carbocycles. The van der Waals surface area contributed by atoms with Crippen LogP contribution in [0.15, 0.2) is 52.2 Å². The molecule has 0 saturated carbocycles. The maximum absolute atomic E-state index is 5.11. The van der Waals surface area contributed by atoms with Gasteiger partial charge in [-0.05, 0) is 71.8 Å². The van der Waals surface area contributed by atoms with Crippen molar-refractivity contribution < 1.29 is 13.7 Å². The van der Waals surface area contributed by atoms with Gasteiger partial charge in [-0.15, -0.1) is 22.7 Å². The molecule has 148 valence electrons. The molecule has 0 N–H and O–H groups in total. The number of hydrogen-bond acceptors (Lipinski definition) is 7. The van der Waals surface area contributed by atoms with Gasteiger partial charge in [0, 0.05) is 40.0 Å². The Bertz CT molecular complexity index is 968. The van der Waals surface area contributed by atoms with Crippen molar-refractivity contribution >= 4 is 80.1 Å². The summed E-state index contributed by atoms with van der Waals surface area (Å²) in [5, 5.41) is 6.82. The standard InChI is InChI=1S/C8H7NS.C7H4BrNS.C3H9B3O3/c1-6-5-10-8-4-9-3-2-7(6)8;8-6-4-10-7-3-9-2-1-5(6)7;1-4-7-5(2)9-6(3)8-4/h2-5H,1H3;1-4H;1-3H3. The number of hydrogen-bond donors (Lipinski definition) is 0. The first kappa shape index (κ1) is 22.5. The summed E-state index contributed by atoms with van der Waals surface area (Å²) in [6.07, 6.45) is 7.43. The minimum Gasteiger partial charge on any atom is -0.453 e. The third-order valence-electron chi connectivity index (χ3n) is 4.05. The number of thiophene rings is 2. The van der Waals surface area contributed by atoms with E-state index in [1.165, 1.54) is 25.7 Å². The van der Waals surface area contributed by atoms with Crippen molar-refractivity contribution in [2.75, 3.05) is 0 Å². The van der Waals surface area contributed by atoms with E-state index in [4.69, 9.17) is 13.7 Å². The van der Waals surface area contributed by atoms with Gasteiger partial charge in [0.15, 0.2) is 0 Å². The molecule has 0 bridgehead atoms. The molecule has 0 spiro atoms. The van der Waals surface area contributed by atoms with Crippen LogP contribution in [0.4, 0.5) is 0 Å². The van der Waals surface area contributed by atoms with Crippen LogP contribution in [-0.2, 0) is 13.7 Å². The van der Waals surface area contributed by atoms with Crippen molar-refractivity contribution in [3.05, 3.63) is 57.7 Å². The number of nitrogens with zero attached hydrogens (tertiary/aromatic N) is 2. The van der Waals surface area contributed by atoms with E-state index in [1.54, 1.807) is 28.9 Å².